The molecule has 1 saturated heterocycles. The lowest BCUT2D eigenvalue weighted by molar-refractivity contribution is 0.0592. The summed E-state index contributed by atoms with van der Waals surface area (Å²) >= 11 is 0. The van der Waals surface area contributed by atoms with Crippen LogP contribution in [0.15, 0.2) is 30.5 Å². The number of hydrogen-bond acceptors (Lipinski definition) is 7. The Labute approximate surface area is 138 Å². The molecule has 1 atom stereocenters. The van der Waals surface area contributed by atoms with Gasteiger partial charge in [0.05, 0.1) is 13.7 Å². The van der Waals surface area contributed by atoms with E-state index in [2.05, 4.69) is 19.9 Å². The first kappa shape index (κ1) is 16.1. The van der Waals surface area contributed by atoms with E-state index in [9.17, 15) is 9.18 Å². The van der Waals surface area contributed by atoms with Gasteiger partial charge in [0, 0.05) is 12.7 Å². The quantitative estimate of drug-likeness (QED) is 0.791. The van der Waals surface area contributed by atoms with Crippen molar-refractivity contribution in [3.63, 3.8) is 0 Å². The summed E-state index contributed by atoms with van der Waals surface area (Å²) in [6, 6.07) is 6.12. The second-order valence-corrected chi connectivity index (χ2v) is 5.39. The Morgan fingerprint density at radius 2 is 2.21 bits per heavy atom. The number of piperidine rings is 1. The number of ether oxygens (including phenoxy) is 2. The Bertz CT molecular complexity index is 711. The van der Waals surface area contributed by atoms with Crippen molar-refractivity contribution in [2.24, 2.45) is 0 Å². The van der Waals surface area contributed by atoms with Gasteiger partial charge < -0.3 is 14.4 Å². The molecule has 0 N–H and O–H groups in total. The standard InChI is InChI=1S/C16H17FN4O3/c1-23-16(22)13-6-7-14(20-19-13)21-9-3-4-11(10-21)24-15-12(17)5-2-8-18-15/h2,5-8,11H,3-4,9-10H2,1H3/t11-/m0/s1. The third-order valence-corrected chi connectivity index (χ3v) is 3.75. The molecule has 7 nitrogen and oxygen atoms in total. The van der Waals surface area contributed by atoms with Crippen molar-refractivity contribution >= 4 is 11.8 Å². The normalized spacial score (nSPS) is 17.4. The molecule has 2 aromatic rings. The highest BCUT2D eigenvalue weighted by Crippen LogP contribution is 2.22. The molecule has 0 radical (unpaired) electrons. The molecule has 126 valence electrons. The maximum atomic E-state index is 13.7. The molecular weight excluding hydrogens is 315 g/mol. The number of carbonyl (C=O) groups excluding carboxylic acids is 1. The molecule has 0 amide bonds. The van der Waals surface area contributed by atoms with Crippen LogP contribution in [0, 0.1) is 5.82 Å². The van der Waals surface area contributed by atoms with Crippen LogP contribution in [0.25, 0.3) is 0 Å². The van der Waals surface area contributed by atoms with Crippen molar-refractivity contribution in [2.45, 2.75) is 18.9 Å². The Hall–Kier alpha value is -2.77. The summed E-state index contributed by atoms with van der Waals surface area (Å²) in [5.74, 6) is -0.356. The molecule has 0 bridgehead atoms. The number of methoxy groups -OCH3 is 1. The fourth-order valence-corrected chi connectivity index (χ4v) is 2.57. The number of anilines is 1. The Kier molecular flexibility index (Phi) is 4.83. The number of esters is 1. The van der Waals surface area contributed by atoms with Crippen molar-refractivity contribution in [2.75, 3.05) is 25.1 Å². The fourth-order valence-electron chi connectivity index (χ4n) is 2.57. The topological polar surface area (TPSA) is 77.4 Å². The molecule has 3 rings (SSSR count). The van der Waals surface area contributed by atoms with Crippen LogP contribution >= 0.6 is 0 Å². The van der Waals surface area contributed by atoms with Crippen LogP contribution in [-0.4, -0.2) is 47.5 Å². The van der Waals surface area contributed by atoms with Crippen molar-refractivity contribution in [1.82, 2.24) is 15.2 Å². The minimum absolute atomic E-state index is 0.0106. The molecule has 0 saturated carbocycles. The van der Waals surface area contributed by atoms with Gasteiger partial charge in [-0.3, -0.25) is 0 Å². The van der Waals surface area contributed by atoms with Crippen LogP contribution in [0.1, 0.15) is 23.3 Å². The van der Waals surface area contributed by atoms with E-state index in [1.54, 1.807) is 12.1 Å². The third-order valence-electron chi connectivity index (χ3n) is 3.75. The van der Waals surface area contributed by atoms with Crippen LogP contribution in [0.3, 0.4) is 0 Å². The Balaban J connectivity index is 1.67. The summed E-state index contributed by atoms with van der Waals surface area (Å²) in [5, 5.41) is 7.93. The number of hydrogen-bond donors (Lipinski definition) is 0. The molecule has 24 heavy (non-hydrogen) atoms. The lowest BCUT2D eigenvalue weighted by Gasteiger charge is -2.33. The number of rotatable bonds is 4. The van der Waals surface area contributed by atoms with Crippen molar-refractivity contribution in [3.8, 4) is 5.88 Å². The molecule has 0 aromatic carbocycles. The highest BCUT2D eigenvalue weighted by atomic mass is 19.1. The van der Waals surface area contributed by atoms with Crippen LogP contribution in [0.5, 0.6) is 5.88 Å². The lowest BCUT2D eigenvalue weighted by Crippen LogP contribution is -2.42. The second-order valence-electron chi connectivity index (χ2n) is 5.39. The van der Waals surface area contributed by atoms with Crippen LogP contribution < -0.4 is 9.64 Å². The molecular formula is C16H17FN4O3. The average Bonchev–Trinajstić information content (AvgIpc) is 2.63. The zero-order valence-electron chi connectivity index (χ0n) is 13.2. The number of halogens is 1. The van der Waals surface area contributed by atoms with Crippen LogP contribution in [-0.2, 0) is 4.74 Å². The number of carbonyl (C=O) groups is 1. The van der Waals surface area contributed by atoms with Crippen LogP contribution in [0.4, 0.5) is 10.2 Å². The van der Waals surface area contributed by atoms with E-state index in [1.807, 2.05) is 4.90 Å². The van der Waals surface area contributed by atoms with E-state index in [1.165, 1.54) is 25.4 Å². The summed E-state index contributed by atoms with van der Waals surface area (Å²) in [6.07, 6.45) is 2.99. The molecule has 8 heteroatoms. The molecule has 0 unspecified atom stereocenters. The van der Waals surface area contributed by atoms with Crippen molar-refractivity contribution in [1.29, 1.82) is 0 Å². The molecule has 1 aliphatic rings. The monoisotopic (exact) mass is 332 g/mol. The van der Waals surface area contributed by atoms with Gasteiger partial charge in [-0.2, -0.15) is 0 Å². The Morgan fingerprint density at radius 3 is 2.92 bits per heavy atom. The van der Waals surface area contributed by atoms with E-state index >= 15 is 0 Å². The molecule has 1 fully saturated rings. The predicted octanol–water partition coefficient (Wildman–Crippen LogP) is 1.85. The van der Waals surface area contributed by atoms with Gasteiger partial charge in [-0.25, -0.2) is 14.2 Å². The summed E-state index contributed by atoms with van der Waals surface area (Å²) in [6.45, 7) is 1.33. The van der Waals surface area contributed by atoms with Gasteiger partial charge in [0.2, 0.25) is 0 Å². The van der Waals surface area contributed by atoms with E-state index in [0.29, 0.717) is 12.4 Å². The zero-order valence-corrected chi connectivity index (χ0v) is 13.2. The predicted molar refractivity (Wildman–Crippen MR) is 83.4 cm³/mol. The van der Waals surface area contributed by atoms with Gasteiger partial charge in [-0.05, 0) is 37.1 Å². The van der Waals surface area contributed by atoms with Gasteiger partial charge in [-0.1, -0.05) is 0 Å². The van der Waals surface area contributed by atoms with Gasteiger partial charge in [0.1, 0.15) is 6.10 Å². The first-order valence-electron chi connectivity index (χ1n) is 7.61. The van der Waals surface area contributed by atoms with E-state index in [0.717, 1.165) is 19.4 Å². The van der Waals surface area contributed by atoms with Gasteiger partial charge in [0.15, 0.2) is 17.3 Å². The van der Waals surface area contributed by atoms with Gasteiger partial charge >= 0.3 is 5.97 Å². The highest BCUT2D eigenvalue weighted by Gasteiger charge is 2.24. The largest absolute Gasteiger partial charge is 0.470 e. The van der Waals surface area contributed by atoms with Gasteiger partial charge in [0.25, 0.3) is 5.88 Å². The van der Waals surface area contributed by atoms with Crippen molar-refractivity contribution in [3.05, 3.63) is 42.0 Å². The smallest absolute Gasteiger partial charge is 0.358 e. The first-order valence-corrected chi connectivity index (χ1v) is 7.61. The van der Waals surface area contributed by atoms with E-state index in [4.69, 9.17) is 4.74 Å². The molecule has 3 heterocycles. The number of nitrogens with zero attached hydrogens (tertiary/aromatic N) is 4. The van der Waals surface area contributed by atoms with E-state index in [-0.39, 0.29) is 17.7 Å². The van der Waals surface area contributed by atoms with Crippen LogP contribution in [0.2, 0.25) is 0 Å². The van der Waals surface area contributed by atoms with Crippen molar-refractivity contribution < 1.29 is 18.7 Å². The van der Waals surface area contributed by atoms with Gasteiger partial charge in [-0.15, -0.1) is 10.2 Å². The molecule has 1 aliphatic heterocycles. The summed E-state index contributed by atoms with van der Waals surface area (Å²) in [4.78, 5) is 17.3. The zero-order chi connectivity index (χ0) is 16.9. The average molecular weight is 332 g/mol. The molecule has 0 spiro atoms. The molecule has 0 aliphatic carbocycles. The highest BCUT2D eigenvalue weighted by molar-refractivity contribution is 5.86. The summed E-state index contributed by atoms with van der Waals surface area (Å²) in [7, 11) is 1.29. The third kappa shape index (κ3) is 3.58. The maximum Gasteiger partial charge on any atom is 0.358 e. The minimum Gasteiger partial charge on any atom is -0.470 e. The second kappa shape index (κ2) is 7.20. The fraction of sp³-hybridized carbons (Fsp3) is 0.375. The number of pyridine rings is 1. The number of aromatic nitrogens is 3. The maximum absolute atomic E-state index is 13.7. The SMILES string of the molecule is COC(=O)c1ccc(N2CCC[C@H](Oc3ncccc3F)C2)nn1. The minimum atomic E-state index is -0.528. The first-order chi connectivity index (χ1) is 11.7. The molecule has 2 aromatic heterocycles. The lowest BCUT2D eigenvalue weighted by atomic mass is 10.1. The van der Waals surface area contributed by atoms with E-state index < -0.39 is 11.8 Å². The summed E-state index contributed by atoms with van der Waals surface area (Å²) in [5.41, 5.74) is 0.154. The summed E-state index contributed by atoms with van der Waals surface area (Å²) < 4.78 is 23.9. The Morgan fingerprint density at radius 1 is 1.33 bits per heavy atom.